The van der Waals surface area contributed by atoms with Gasteiger partial charge in [0.25, 0.3) is 0 Å². The molecular formula is C30H33ClF4N2O6Si. The van der Waals surface area contributed by atoms with E-state index >= 15 is 4.39 Å². The van der Waals surface area contributed by atoms with Crippen LogP contribution < -0.4 is 4.74 Å². The first-order valence-electron chi connectivity index (χ1n) is 13.9. The molecule has 0 radical (unpaired) electrons. The molecule has 1 fully saturated rings. The van der Waals surface area contributed by atoms with Gasteiger partial charge in [-0.25, -0.2) is 13.6 Å². The summed E-state index contributed by atoms with van der Waals surface area (Å²) < 4.78 is 71.7. The van der Waals surface area contributed by atoms with Gasteiger partial charge in [-0.2, -0.15) is 8.78 Å². The van der Waals surface area contributed by atoms with E-state index in [1.807, 2.05) is 33.9 Å². The zero-order valence-electron chi connectivity index (χ0n) is 24.9. The van der Waals surface area contributed by atoms with Crippen LogP contribution in [0.5, 0.6) is 5.75 Å². The Kier molecular flexibility index (Phi) is 9.91. The molecule has 0 bridgehead atoms. The minimum atomic E-state index is -3.23. The lowest BCUT2D eigenvalue weighted by Gasteiger charge is -2.36. The highest BCUT2D eigenvalue weighted by Crippen LogP contribution is 2.42. The minimum absolute atomic E-state index is 0.0350. The summed E-state index contributed by atoms with van der Waals surface area (Å²) in [6.45, 7) is 6.01. The maximum Gasteiger partial charge on any atom is 0.387 e. The number of carbonyl (C=O) groups is 3. The van der Waals surface area contributed by atoms with Crippen molar-refractivity contribution < 1.29 is 45.8 Å². The van der Waals surface area contributed by atoms with Crippen LogP contribution in [0.1, 0.15) is 61.6 Å². The van der Waals surface area contributed by atoms with Gasteiger partial charge >= 0.3 is 12.6 Å². The molecule has 0 N–H and O–H groups in total. The summed E-state index contributed by atoms with van der Waals surface area (Å²) in [5, 5.41) is -0.454. The zero-order chi connectivity index (χ0) is 32.6. The fourth-order valence-electron chi connectivity index (χ4n) is 4.96. The van der Waals surface area contributed by atoms with Crippen molar-refractivity contribution in [2.45, 2.75) is 83.5 Å². The molecule has 3 heterocycles. The van der Waals surface area contributed by atoms with Gasteiger partial charge in [-0.05, 0) is 61.2 Å². The Morgan fingerprint density at radius 1 is 1.14 bits per heavy atom. The number of hydrogen-bond donors (Lipinski definition) is 0. The summed E-state index contributed by atoms with van der Waals surface area (Å²) in [4.78, 5) is 44.2. The van der Waals surface area contributed by atoms with E-state index in [2.05, 4.69) is 9.72 Å². The second-order valence-electron chi connectivity index (χ2n) is 12.2. The summed E-state index contributed by atoms with van der Waals surface area (Å²) in [5.41, 5.74) is -0.600. The van der Waals surface area contributed by atoms with Crippen LogP contribution in [0, 0.1) is 11.6 Å². The normalized spacial score (nSPS) is 18.8. The number of hydrogen-bond acceptors (Lipinski definition) is 7. The third-order valence-electron chi connectivity index (χ3n) is 8.36. The first kappa shape index (κ1) is 33.6. The number of nitrogens with zero attached hydrogens (tertiary/aromatic N) is 2. The first-order valence-corrected chi connectivity index (χ1v) is 17.2. The average molecular weight is 657 g/mol. The Morgan fingerprint density at radius 3 is 2.50 bits per heavy atom. The summed E-state index contributed by atoms with van der Waals surface area (Å²) >= 11 is 5.87. The van der Waals surface area contributed by atoms with Crippen LogP contribution in [0.2, 0.25) is 23.2 Å². The van der Waals surface area contributed by atoms with Crippen molar-refractivity contribution in [3.63, 3.8) is 0 Å². The lowest BCUT2D eigenvalue weighted by molar-refractivity contribution is -0.152. The molecule has 0 spiro atoms. The van der Waals surface area contributed by atoms with Crippen molar-refractivity contribution in [1.82, 2.24) is 9.88 Å². The van der Waals surface area contributed by atoms with Crippen molar-refractivity contribution in [3.8, 4) is 5.75 Å². The molecule has 1 aromatic heterocycles. The number of aromatic nitrogens is 1. The largest absolute Gasteiger partial charge is 0.456 e. The summed E-state index contributed by atoms with van der Waals surface area (Å²) in [6.07, 6.45) is 2.86. The molecule has 44 heavy (non-hydrogen) atoms. The molecule has 1 unspecified atom stereocenters. The van der Waals surface area contributed by atoms with Crippen LogP contribution in [0.25, 0.3) is 5.57 Å². The first-order chi connectivity index (χ1) is 20.5. The van der Waals surface area contributed by atoms with Gasteiger partial charge in [0, 0.05) is 18.3 Å². The molecule has 0 aliphatic carbocycles. The van der Waals surface area contributed by atoms with Gasteiger partial charge in [0.1, 0.15) is 17.5 Å². The van der Waals surface area contributed by atoms with Crippen LogP contribution in [0.3, 0.4) is 0 Å². The van der Waals surface area contributed by atoms with Gasteiger partial charge in [0.05, 0.1) is 22.8 Å². The van der Waals surface area contributed by atoms with E-state index in [4.69, 9.17) is 20.8 Å². The van der Waals surface area contributed by atoms with Crippen LogP contribution in [0.4, 0.5) is 17.6 Å². The molecule has 2 aromatic rings. The Balaban J connectivity index is 1.44. The molecule has 8 nitrogen and oxygen atoms in total. The molecule has 1 amide bonds. The number of fused-ring (bicyclic) bond motifs is 1. The number of ether oxygens (including phenoxy) is 2. The van der Waals surface area contributed by atoms with Crippen molar-refractivity contribution in [1.29, 1.82) is 0 Å². The fraction of sp³-hybridized carbons (Fsp3) is 0.467. The van der Waals surface area contributed by atoms with Gasteiger partial charge in [0.15, 0.2) is 26.6 Å². The SMILES string of the molecule is CC(C)(C)[Si](C)(C)OCc1nccc(C(=O)COC(=O)[C@@H]2CCC3CC(c4c(OC(F)F)ccc(Cl)c4F)=CC(=O)N32)c1F. The van der Waals surface area contributed by atoms with Crippen molar-refractivity contribution in [2.24, 2.45) is 0 Å². The highest BCUT2D eigenvalue weighted by atomic mass is 35.5. The Morgan fingerprint density at radius 2 is 1.84 bits per heavy atom. The molecule has 2 aliphatic heterocycles. The molecule has 4 rings (SSSR count). The number of Topliss-reactive ketones (excluding diaryl/α,β-unsaturated/α-hetero) is 1. The summed E-state index contributed by atoms with van der Waals surface area (Å²) in [6, 6.07) is 1.73. The molecular weight excluding hydrogens is 624 g/mol. The Bertz CT molecular complexity index is 1500. The van der Waals surface area contributed by atoms with Crippen LogP contribution in [-0.4, -0.2) is 61.2 Å². The van der Waals surface area contributed by atoms with E-state index in [-0.39, 0.29) is 51.9 Å². The zero-order valence-corrected chi connectivity index (χ0v) is 26.6. The highest BCUT2D eigenvalue weighted by Gasteiger charge is 2.44. The number of amides is 1. The van der Waals surface area contributed by atoms with Gasteiger partial charge in [-0.1, -0.05) is 32.4 Å². The van der Waals surface area contributed by atoms with Crippen LogP contribution >= 0.6 is 11.6 Å². The maximum atomic E-state index is 15.2. The van der Waals surface area contributed by atoms with E-state index in [9.17, 15) is 27.6 Å². The lowest BCUT2D eigenvalue weighted by Crippen LogP contribution is -2.47. The van der Waals surface area contributed by atoms with Crippen molar-refractivity contribution in [3.05, 3.63) is 63.9 Å². The number of ketones is 1. The Hall–Kier alpha value is -3.29. The van der Waals surface area contributed by atoms with E-state index < -0.39 is 68.7 Å². The monoisotopic (exact) mass is 656 g/mol. The quantitative estimate of drug-likeness (QED) is 0.121. The van der Waals surface area contributed by atoms with E-state index in [1.165, 1.54) is 17.2 Å². The molecule has 238 valence electrons. The molecule has 1 aromatic carbocycles. The smallest absolute Gasteiger partial charge is 0.387 e. The minimum Gasteiger partial charge on any atom is -0.456 e. The summed E-state index contributed by atoms with van der Waals surface area (Å²) in [7, 11) is -2.22. The number of benzene rings is 1. The molecule has 2 atom stereocenters. The highest BCUT2D eigenvalue weighted by molar-refractivity contribution is 6.74. The van der Waals surface area contributed by atoms with Gasteiger partial charge in [0.2, 0.25) is 11.7 Å². The lowest BCUT2D eigenvalue weighted by atomic mass is 9.93. The van der Waals surface area contributed by atoms with Gasteiger partial charge < -0.3 is 18.8 Å². The standard InChI is InChI=1S/C30H33ClF4N2O6Si/c1-30(2,3)44(4,5)42-14-20-26(32)18(10-11-36-20)22(38)15-41-28(40)21-8-6-17-12-16(13-24(39)37(17)21)25-23(43-29(34)35)9-7-19(31)27(25)33/h7,9-11,13,17,21,29H,6,8,12,14-15H2,1-5H3/t17?,21-/m0/s1. The molecule has 0 saturated carbocycles. The number of rotatable bonds is 10. The number of halogens is 5. The fourth-order valence-corrected chi connectivity index (χ4v) is 6.05. The maximum absolute atomic E-state index is 15.2. The summed E-state index contributed by atoms with van der Waals surface area (Å²) in [5.74, 6) is -4.67. The van der Waals surface area contributed by atoms with Crippen LogP contribution in [-0.2, 0) is 25.4 Å². The van der Waals surface area contributed by atoms with E-state index in [0.717, 1.165) is 18.2 Å². The molecule has 14 heteroatoms. The molecule has 1 saturated heterocycles. The van der Waals surface area contributed by atoms with Gasteiger partial charge in [-0.3, -0.25) is 14.6 Å². The predicted molar refractivity (Wildman–Crippen MR) is 156 cm³/mol. The third kappa shape index (κ3) is 6.99. The number of esters is 1. The van der Waals surface area contributed by atoms with E-state index in [1.54, 1.807) is 0 Å². The Labute approximate surface area is 258 Å². The van der Waals surface area contributed by atoms with Crippen LogP contribution in [0.15, 0.2) is 30.5 Å². The number of carbonyl (C=O) groups excluding carboxylic acids is 3. The second-order valence-corrected chi connectivity index (χ2v) is 17.4. The van der Waals surface area contributed by atoms with Gasteiger partial charge in [-0.15, -0.1) is 0 Å². The average Bonchev–Trinajstić information content (AvgIpc) is 3.37. The van der Waals surface area contributed by atoms with Crippen molar-refractivity contribution in [2.75, 3.05) is 6.61 Å². The van der Waals surface area contributed by atoms with E-state index in [0.29, 0.717) is 6.42 Å². The number of alkyl halides is 2. The number of pyridine rings is 1. The predicted octanol–water partition coefficient (Wildman–Crippen LogP) is 6.71. The third-order valence-corrected chi connectivity index (χ3v) is 13.1. The molecule has 2 aliphatic rings. The van der Waals surface area contributed by atoms with Crippen molar-refractivity contribution >= 4 is 43.2 Å². The second kappa shape index (κ2) is 13.0. The topological polar surface area (TPSA) is 95.0 Å².